The molecule has 4 heteroatoms. The molecular formula is C19H19N3O. The second kappa shape index (κ2) is 5.54. The molecule has 1 amide bonds. The van der Waals surface area contributed by atoms with Crippen LogP contribution in [0.2, 0.25) is 0 Å². The lowest BCUT2D eigenvalue weighted by Gasteiger charge is -2.15. The van der Waals surface area contributed by atoms with Gasteiger partial charge in [-0.3, -0.25) is 4.79 Å². The first-order chi connectivity index (χ1) is 11.2. The van der Waals surface area contributed by atoms with Crippen LogP contribution in [0.5, 0.6) is 0 Å². The van der Waals surface area contributed by atoms with Crippen molar-refractivity contribution in [1.82, 2.24) is 14.5 Å². The summed E-state index contributed by atoms with van der Waals surface area (Å²) in [5.74, 6) is 0.686. The van der Waals surface area contributed by atoms with Gasteiger partial charge in [0, 0.05) is 36.6 Å². The quantitative estimate of drug-likeness (QED) is 0.726. The number of benzene rings is 1. The minimum Gasteiger partial charge on any atom is -0.338 e. The topological polar surface area (TPSA) is 38.1 Å². The molecule has 0 aliphatic carbocycles. The highest BCUT2D eigenvalue weighted by Crippen LogP contribution is 2.22. The molecule has 1 aliphatic rings. The van der Waals surface area contributed by atoms with Gasteiger partial charge in [0.1, 0.15) is 5.65 Å². The van der Waals surface area contributed by atoms with Gasteiger partial charge in [0.25, 0.3) is 5.91 Å². The van der Waals surface area contributed by atoms with Crippen LogP contribution >= 0.6 is 0 Å². The molecule has 2 aromatic heterocycles. The van der Waals surface area contributed by atoms with E-state index in [9.17, 15) is 4.79 Å². The molecule has 116 valence electrons. The third-order valence-corrected chi connectivity index (χ3v) is 4.52. The second-order valence-corrected chi connectivity index (χ2v) is 6.30. The lowest BCUT2D eigenvalue weighted by atomic mass is 10.2. The Labute approximate surface area is 135 Å². The smallest absolute Gasteiger partial charge is 0.255 e. The molecule has 4 nitrogen and oxygen atoms in total. The molecular weight excluding hydrogens is 286 g/mol. The highest BCUT2D eigenvalue weighted by Gasteiger charge is 2.24. The molecule has 0 saturated carbocycles. The van der Waals surface area contributed by atoms with Gasteiger partial charge < -0.3 is 9.47 Å². The lowest BCUT2D eigenvalue weighted by Crippen LogP contribution is -2.28. The van der Waals surface area contributed by atoms with Gasteiger partial charge in [0.2, 0.25) is 0 Å². The van der Waals surface area contributed by atoms with Gasteiger partial charge in [-0.15, -0.1) is 0 Å². The Morgan fingerprint density at radius 1 is 1.22 bits per heavy atom. The Morgan fingerprint density at radius 2 is 2.04 bits per heavy atom. The number of aromatic nitrogens is 2. The van der Waals surface area contributed by atoms with E-state index in [-0.39, 0.29) is 5.91 Å². The number of nitrogens with zero attached hydrogens (tertiary/aromatic N) is 3. The zero-order valence-corrected chi connectivity index (χ0v) is 13.1. The minimum atomic E-state index is 0.0937. The highest BCUT2D eigenvalue weighted by molar-refractivity contribution is 5.97. The fraction of sp³-hybridized carbons (Fsp3) is 0.263. The molecule has 0 N–H and O–H groups in total. The predicted molar refractivity (Wildman–Crippen MR) is 90.8 cm³/mol. The first-order valence-corrected chi connectivity index (χ1v) is 8.04. The summed E-state index contributed by atoms with van der Waals surface area (Å²) in [6.07, 6.45) is 4.79. The van der Waals surface area contributed by atoms with Crippen molar-refractivity contribution in [3.8, 4) is 5.69 Å². The normalized spacial score (nSPS) is 17.8. The minimum absolute atomic E-state index is 0.0937. The number of carbonyl (C=O) groups is 1. The maximum Gasteiger partial charge on any atom is 0.255 e. The molecule has 3 aromatic rings. The van der Waals surface area contributed by atoms with Crippen molar-refractivity contribution in [2.75, 3.05) is 13.1 Å². The van der Waals surface area contributed by atoms with Gasteiger partial charge in [0.15, 0.2) is 0 Å². The number of amides is 1. The van der Waals surface area contributed by atoms with Crippen molar-refractivity contribution in [1.29, 1.82) is 0 Å². The van der Waals surface area contributed by atoms with E-state index in [1.165, 1.54) is 0 Å². The van der Waals surface area contributed by atoms with E-state index in [4.69, 9.17) is 0 Å². The summed E-state index contributed by atoms with van der Waals surface area (Å²) in [6.45, 7) is 3.89. The number of pyridine rings is 1. The predicted octanol–water partition coefficient (Wildman–Crippen LogP) is 3.51. The zero-order chi connectivity index (χ0) is 15.8. The molecule has 4 rings (SSSR count). The number of fused-ring (bicyclic) bond motifs is 1. The largest absolute Gasteiger partial charge is 0.338 e. The molecule has 23 heavy (non-hydrogen) atoms. The highest BCUT2D eigenvalue weighted by atomic mass is 16.2. The molecule has 0 bridgehead atoms. The van der Waals surface area contributed by atoms with Crippen LogP contribution in [0.25, 0.3) is 16.7 Å². The van der Waals surface area contributed by atoms with Crippen LogP contribution in [0.15, 0.2) is 54.9 Å². The van der Waals surface area contributed by atoms with E-state index < -0.39 is 0 Å². The van der Waals surface area contributed by atoms with Gasteiger partial charge >= 0.3 is 0 Å². The molecule has 1 aliphatic heterocycles. The summed E-state index contributed by atoms with van der Waals surface area (Å²) in [5, 5.41) is 0.993. The number of para-hydroxylation sites is 1. The van der Waals surface area contributed by atoms with E-state index in [1.807, 2.05) is 58.1 Å². The maximum absolute atomic E-state index is 12.6. The van der Waals surface area contributed by atoms with Crippen molar-refractivity contribution in [2.45, 2.75) is 13.3 Å². The Bertz CT molecular complexity index is 853. The summed E-state index contributed by atoms with van der Waals surface area (Å²) in [7, 11) is 0. The van der Waals surface area contributed by atoms with Crippen LogP contribution in [0.4, 0.5) is 0 Å². The molecule has 3 heterocycles. The zero-order valence-electron chi connectivity index (χ0n) is 13.1. The maximum atomic E-state index is 12.6. The molecule has 1 saturated heterocycles. The van der Waals surface area contributed by atoms with Gasteiger partial charge in [-0.25, -0.2) is 4.98 Å². The Hall–Kier alpha value is -2.62. The van der Waals surface area contributed by atoms with E-state index in [0.29, 0.717) is 11.5 Å². The molecule has 1 fully saturated rings. The van der Waals surface area contributed by atoms with Crippen molar-refractivity contribution >= 4 is 16.9 Å². The van der Waals surface area contributed by atoms with Crippen LogP contribution < -0.4 is 0 Å². The van der Waals surface area contributed by atoms with Crippen molar-refractivity contribution in [3.05, 3.63) is 60.4 Å². The standard InChI is InChI=1S/C19H19N3O/c1-14-7-9-21(13-14)19(23)16-11-15-8-10-22(18(15)20-12-16)17-5-3-2-4-6-17/h2-6,8,10-12,14H,7,9,13H2,1H3/t14-/m0/s1. The SMILES string of the molecule is C[C@H]1CCN(C(=O)c2cnc3c(ccn3-c3ccccc3)c2)C1. The number of carbonyl (C=O) groups excluding carboxylic acids is 1. The van der Waals surface area contributed by atoms with Crippen LogP contribution in [0.1, 0.15) is 23.7 Å². The Morgan fingerprint density at radius 3 is 2.78 bits per heavy atom. The summed E-state index contributed by atoms with van der Waals surface area (Å²) >= 11 is 0. The third kappa shape index (κ3) is 2.50. The fourth-order valence-electron chi connectivity index (χ4n) is 3.24. The molecule has 0 radical (unpaired) electrons. The van der Waals surface area contributed by atoms with E-state index in [1.54, 1.807) is 6.20 Å². The summed E-state index contributed by atoms with van der Waals surface area (Å²) in [5.41, 5.74) is 2.63. The van der Waals surface area contributed by atoms with Crippen LogP contribution in [0.3, 0.4) is 0 Å². The summed E-state index contributed by atoms with van der Waals surface area (Å²) in [4.78, 5) is 19.1. The summed E-state index contributed by atoms with van der Waals surface area (Å²) in [6, 6.07) is 14.1. The van der Waals surface area contributed by atoms with Crippen LogP contribution in [0, 0.1) is 5.92 Å². The number of rotatable bonds is 2. The van der Waals surface area contributed by atoms with E-state index >= 15 is 0 Å². The third-order valence-electron chi connectivity index (χ3n) is 4.52. The summed E-state index contributed by atoms with van der Waals surface area (Å²) < 4.78 is 2.04. The second-order valence-electron chi connectivity index (χ2n) is 6.30. The average Bonchev–Trinajstić information content (AvgIpc) is 3.20. The number of likely N-dealkylation sites (tertiary alicyclic amines) is 1. The first kappa shape index (κ1) is 14.0. The van der Waals surface area contributed by atoms with Crippen LogP contribution in [-0.4, -0.2) is 33.4 Å². The lowest BCUT2D eigenvalue weighted by molar-refractivity contribution is 0.0788. The number of hydrogen-bond acceptors (Lipinski definition) is 2. The number of hydrogen-bond donors (Lipinski definition) is 0. The average molecular weight is 305 g/mol. The van der Waals surface area contributed by atoms with E-state index in [0.717, 1.165) is 36.2 Å². The first-order valence-electron chi connectivity index (χ1n) is 8.04. The molecule has 0 unspecified atom stereocenters. The molecule has 1 aromatic carbocycles. The van der Waals surface area contributed by atoms with Crippen molar-refractivity contribution in [3.63, 3.8) is 0 Å². The van der Waals surface area contributed by atoms with Gasteiger partial charge in [0.05, 0.1) is 5.56 Å². The molecule has 1 atom stereocenters. The van der Waals surface area contributed by atoms with Gasteiger partial charge in [-0.1, -0.05) is 25.1 Å². The van der Waals surface area contributed by atoms with E-state index in [2.05, 4.69) is 11.9 Å². The van der Waals surface area contributed by atoms with Crippen molar-refractivity contribution in [2.24, 2.45) is 5.92 Å². The fourth-order valence-corrected chi connectivity index (χ4v) is 3.24. The Kier molecular flexibility index (Phi) is 3.37. The van der Waals surface area contributed by atoms with Crippen molar-refractivity contribution < 1.29 is 4.79 Å². The van der Waals surface area contributed by atoms with Gasteiger partial charge in [-0.05, 0) is 36.6 Å². The van der Waals surface area contributed by atoms with Gasteiger partial charge in [-0.2, -0.15) is 0 Å². The Balaban J connectivity index is 1.69. The van der Waals surface area contributed by atoms with Crippen LogP contribution in [-0.2, 0) is 0 Å². The monoisotopic (exact) mass is 305 g/mol. The molecule has 0 spiro atoms.